The molecule has 5 heteroatoms. The van der Waals surface area contributed by atoms with Crippen molar-refractivity contribution in [3.05, 3.63) is 58.1 Å². The number of carbonyl (C=O) groups is 1. The van der Waals surface area contributed by atoms with Crippen LogP contribution in [0.25, 0.3) is 0 Å². The van der Waals surface area contributed by atoms with Crippen LogP contribution in [0.3, 0.4) is 0 Å². The lowest BCUT2D eigenvalue weighted by molar-refractivity contribution is 0.0910. The Labute approximate surface area is 196 Å². The molecule has 0 saturated heterocycles. The van der Waals surface area contributed by atoms with Crippen molar-refractivity contribution in [3.8, 4) is 11.5 Å². The highest BCUT2D eigenvalue weighted by Gasteiger charge is 2.28. The van der Waals surface area contributed by atoms with Gasteiger partial charge in [0.05, 0.1) is 12.2 Å². The molecule has 0 amide bonds. The summed E-state index contributed by atoms with van der Waals surface area (Å²) in [5, 5.41) is 10.8. The molecule has 2 aliphatic rings. The molecule has 33 heavy (non-hydrogen) atoms. The van der Waals surface area contributed by atoms with Crippen LogP contribution in [0, 0.1) is 11.8 Å². The lowest BCUT2D eigenvalue weighted by Crippen LogP contribution is -2.19. The van der Waals surface area contributed by atoms with E-state index in [2.05, 4.69) is 26.0 Å². The van der Waals surface area contributed by atoms with Gasteiger partial charge < -0.3 is 14.6 Å². The highest BCUT2D eigenvalue weighted by Crippen LogP contribution is 2.34. The second kappa shape index (κ2) is 10.5. The number of hydrogen-bond donors (Lipinski definition) is 1. The van der Waals surface area contributed by atoms with Crippen molar-refractivity contribution >= 4 is 11.5 Å². The first-order chi connectivity index (χ1) is 16.0. The fraction of sp³-hybridized carbons (Fsp3) is 0.500. The third kappa shape index (κ3) is 5.30. The van der Waals surface area contributed by atoms with E-state index in [0.29, 0.717) is 25.2 Å². The molecule has 0 spiro atoms. The van der Waals surface area contributed by atoms with Crippen LogP contribution in [0.1, 0.15) is 65.7 Å². The van der Waals surface area contributed by atoms with Gasteiger partial charge in [-0.05, 0) is 91.0 Å². The minimum Gasteiger partial charge on any atom is -0.507 e. The molecule has 176 valence electrons. The predicted molar refractivity (Wildman–Crippen MR) is 131 cm³/mol. The van der Waals surface area contributed by atoms with Crippen molar-refractivity contribution in [2.75, 3.05) is 26.9 Å². The molecule has 0 radical (unpaired) electrons. The zero-order valence-electron chi connectivity index (χ0n) is 20.0. The number of aliphatic imine (C=N–C) groups is 1. The number of methoxy groups -OCH3 is 1. The molecular formula is C28H35NO4. The fourth-order valence-electron chi connectivity index (χ4n) is 5.04. The number of ether oxygens (including phenoxy) is 2. The normalized spacial score (nSPS) is 18.1. The van der Waals surface area contributed by atoms with Crippen LogP contribution in [0.2, 0.25) is 0 Å². The Kier molecular flexibility index (Phi) is 7.49. The van der Waals surface area contributed by atoms with Crippen molar-refractivity contribution in [3.63, 3.8) is 0 Å². The molecule has 0 bridgehead atoms. The molecule has 2 aromatic carbocycles. The van der Waals surface area contributed by atoms with E-state index in [1.165, 1.54) is 11.1 Å². The molecule has 1 aliphatic carbocycles. The topological polar surface area (TPSA) is 68.1 Å². The average molecular weight is 450 g/mol. The van der Waals surface area contributed by atoms with E-state index in [9.17, 15) is 9.90 Å². The minimum absolute atomic E-state index is 0.0379. The summed E-state index contributed by atoms with van der Waals surface area (Å²) in [4.78, 5) is 18.4. The molecule has 0 fully saturated rings. The van der Waals surface area contributed by atoms with Gasteiger partial charge in [-0.3, -0.25) is 9.79 Å². The SMILES string of the molecule is COCCOc1ccc2c(c1)CCCC(C(=O)c1cc3c(cc1O)CCCN=C3C(C)C)C2. The van der Waals surface area contributed by atoms with Gasteiger partial charge in [0.1, 0.15) is 18.1 Å². The highest BCUT2D eigenvalue weighted by molar-refractivity contribution is 6.07. The molecule has 1 atom stereocenters. The van der Waals surface area contributed by atoms with Crippen molar-refractivity contribution in [2.24, 2.45) is 16.8 Å². The van der Waals surface area contributed by atoms with E-state index in [1.807, 2.05) is 12.1 Å². The summed E-state index contributed by atoms with van der Waals surface area (Å²) < 4.78 is 10.8. The minimum atomic E-state index is -0.138. The van der Waals surface area contributed by atoms with Crippen LogP contribution >= 0.6 is 0 Å². The second-order valence-electron chi connectivity index (χ2n) is 9.48. The van der Waals surface area contributed by atoms with Gasteiger partial charge in [-0.2, -0.15) is 0 Å². The summed E-state index contributed by atoms with van der Waals surface area (Å²) in [6.45, 7) is 6.15. The number of aryl methyl sites for hydroxylation is 2. The van der Waals surface area contributed by atoms with Gasteiger partial charge in [-0.25, -0.2) is 0 Å². The summed E-state index contributed by atoms with van der Waals surface area (Å²) >= 11 is 0. The maximum Gasteiger partial charge on any atom is 0.170 e. The maximum absolute atomic E-state index is 13.6. The first-order valence-electron chi connectivity index (χ1n) is 12.2. The van der Waals surface area contributed by atoms with E-state index in [4.69, 9.17) is 14.5 Å². The molecule has 1 aliphatic heterocycles. The van der Waals surface area contributed by atoms with Gasteiger partial charge in [-0.15, -0.1) is 0 Å². The van der Waals surface area contributed by atoms with Gasteiger partial charge >= 0.3 is 0 Å². The van der Waals surface area contributed by atoms with Gasteiger partial charge in [0.25, 0.3) is 0 Å². The standard InChI is InChI=1S/C28H35NO4/c1-18(2)27-24-17-25(26(30)16-21(24)8-5-11-29-27)28(31)22-7-4-6-19-15-23(33-13-12-32-3)10-9-20(19)14-22/h9-10,15-18,22,30H,4-8,11-14H2,1-3H3. The highest BCUT2D eigenvalue weighted by atomic mass is 16.5. The van der Waals surface area contributed by atoms with Crippen LogP contribution in [0.4, 0.5) is 0 Å². The van der Waals surface area contributed by atoms with Crippen LogP contribution in [-0.4, -0.2) is 43.5 Å². The molecule has 2 aromatic rings. The Morgan fingerprint density at radius 2 is 1.91 bits per heavy atom. The van der Waals surface area contributed by atoms with Gasteiger partial charge in [0.15, 0.2) is 5.78 Å². The maximum atomic E-state index is 13.6. The van der Waals surface area contributed by atoms with Gasteiger partial charge in [0, 0.05) is 25.3 Å². The molecule has 4 rings (SSSR count). The fourth-order valence-corrected chi connectivity index (χ4v) is 5.04. The van der Waals surface area contributed by atoms with E-state index in [0.717, 1.165) is 61.2 Å². The van der Waals surface area contributed by atoms with Crippen LogP contribution < -0.4 is 4.74 Å². The van der Waals surface area contributed by atoms with Crippen LogP contribution in [0.15, 0.2) is 35.3 Å². The summed E-state index contributed by atoms with van der Waals surface area (Å²) in [6.07, 6.45) is 5.22. The first kappa shape index (κ1) is 23.5. The quantitative estimate of drug-likeness (QED) is 0.359. The Bertz CT molecular complexity index is 1040. The Morgan fingerprint density at radius 1 is 1.09 bits per heavy atom. The van der Waals surface area contributed by atoms with Crippen molar-refractivity contribution in [2.45, 2.75) is 52.4 Å². The third-order valence-electron chi connectivity index (χ3n) is 6.77. The largest absolute Gasteiger partial charge is 0.507 e. The second-order valence-corrected chi connectivity index (χ2v) is 9.48. The van der Waals surface area contributed by atoms with Crippen LogP contribution in [0.5, 0.6) is 11.5 Å². The Morgan fingerprint density at radius 3 is 2.70 bits per heavy atom. The number of rotatable bonds is 7. The van der Waals surface area contributed by atoms with E-state index >= 15 is 0 Å². The predicted octanol–water partition coefficient (Wildman–Crippen LogP) is 5.19. The number of benzene rings is 2. The number of Topliss-reactive ketones (excluding diaryl/α,β-unsaturated/α-hetero) is 1. The first-order valence-corrected chi connectivity index (χ1v) is 12.2. The lowest BCUT2D eigenvalue weighted by Gasteiger charge is -2.18. The van der Waals surface area contributed by atoms with E-state index in [-0.39, 0.29) is 23.4 Å². The summed E-state index contributed by atoms with van der Waals surface area (Å²) in [5.74, 6) is 1.13. The molecule has 5 nitrogen and oxygen atoms in total. The van der Waals surface area contributed by atoms with Crippen LogP contribution in [-0.2, 0) is 24.0 Å². The van der Waals surface area contributed by atoms with Gasteiger partial charge in [0.2, 0.25) is 0 Å². The van der Waals surface area contributed by atoms with E-state index in [1.54, 1.807) is 13.2 Å². The number of carbonyl (C=O) groups excluding carboxylic acids is 1. The van der Waals surface area contributed by atoms with Crippen molar-refractivity contribution in [1.29, 1.82) is 0 Å². The molecule has 0 saturated carbocycles. The monoisotopic (exact) mass is 449 g/mol. The number of phenols is 1. The zero-order valence-corrected chi connectivity index (χ0v) is 20.0. The number of fused-ring (bicyclic) bond motifs is 2. The molecule has 1 N–H and O–H groups in total. The molecular weight excluding hydrogens is 414 g/mol. The third-order valence-corrected chi connectivity index (χ3v) is 6.77. The number of hydrogen-bond acceptors (Lipinski definition) is 5. The molecule has 1 unspecified atom stereocenters. The molecule has 0 aromatic heterocycles. The van der Waals surface area contributed by atoms with Crippen molar-refractivity contribution < 1.29 is 19.4 Å². The Hall–Kier alpha value is -2.66. The zero-order chi connectivity index (χ0) is 23.4. The molecule has 1 heterocycles. The lowest BCUT2D eigenvalue weighted by atomic mass is 9.85. The number of aromatic hydroxyl groups is 1. The van der Waals surface area contributed by atoms with Gasteiger partial charge in [-0.1, -0.05) is 19.9 Å². The number of ketones is 1. The summed E-state index contributed by atoms with van der Waals surface area (Å²) in [7, 11) is 1.66. The summed E-state index contributed by atoms with van der Waals surface area (Å²) in [6, 6.07) is 9.88. The smallest absolute Gasteiger partial charge is 0.170 e. The number of nitrogens with zero attached hydrogens (tertiary/aromatic N) is 1. The van der Waals surface area contributed by atoms with Crippen molar-refractivity contribution in [1.82, 2.24) is 0 Å². The van der Waals surface area contributed by atoms with E-state index < -0.39 is 0 Å². The average Bonchev–Trinajstić information content (AvgIpc) is 3.14. The summed E-state index contributed by atoms with van der Waals surface area (Å²) in [5.41, 5.74) is 6.07. The number of phenolic OH excluding ortho intramolecular Hbond substituents is 1. The Balaban J connectivity index is 1.58.